The Morgan fingerprint density at radius 3 is 2.24 bits per heavy atom. The predicted molar refractivity (Wildman–Crippen MR) is 129 cm³/mol. The minimum atomic E-state index is -3.84. The number of halogens is 1. The third kappa shape index (κ3) is 7.41. The molecule has 0 bridgehead atoms. The van der Waals surface area contributed by atoms with E-state index in [9.17, 15) is 22.4 Å². The second-order valence-electron chi connectivity index (χ2n) is 7.71. The van der Waals surface area contributed by atoms with Crippen molar-refractivity contribution in [3.05, 3.63) is 89.7 Å². The van der Waals surface area contributed by atoms with Crippen LogP contribution < -0.4 is 15.4 Å². The molecule has 0 radical (unpaired) electrons. The van der Waals surface area contributed by atoms with Crippen molar-refractivity contribution in [2.75, 3.05) is 10.0 Å². The van der Waals surface area contributed by atoms with Crippen LogP contribution >= 0.6 is 0 Å². The molecule has 0 aliphatic rings. The molecular weight excluding hydrogens is 457 g/mol. The lowest BCUT2D eigenvalue weighted by atomic mass is 10.1. The van der Waals surface area contributed by atoms with E-state index in [0.717, 1.165) is 24.1 Å². The van der Waals surface area contributed by atoms with E-state index in [1.807, 2.05) is 25.1 Å². The average molecular weight is 484 g/mol. The van der Waals surface area contributed by atoms with Crippen LogP contribution in [0.3, 0.4) is 0 Å². The zero-order valence-electron chi connectivity index (χ0n) is 18.7. The van der Waals surface area contributed by atoms with Crippen LogP contribution in [0.5, 0.6) is 0 Å². The Kier molecular flexibility index (Phi) is 8.37. The number of rotatable bonds is 10. The second kappa shape index (κ2) is 11.4. The lowest BCUT2D eigenvalue weighted by molar-refractivity contribution is -0.120. The third-order valence-corrected chi connectivity index (χ3v) is 6.27. The molecule has 0 heterocycles. The van der Waals surface area contributed by atoms with Crippen LogP contribution in [0.4, 0.5) is 15.8 Å². The van der Waals surface area contributed by atoms with E-state index in [0.29, 0.717) is 29.9 Å². The molecule has 0 unspecified atom stereocenters. The zero-order valence-corrected chi connectivity index (χ0v) is 19.5. The molecule has 0 atom stereocenters. The number of amides is 2. The molecule has 0 aromatic heterocycles. The minimum absolute atomic E-state index is 0.0490. The molecule has 34 heavy (non-hydrogen) atoms. The SMILES string of the molecule is CCCC(=O)Nc1cccc(CNC(=O)Cc2ccc(NS(=O)(=O)c3ccc(F)cc3)cc2)c1. The molecule has 0 aliphatic carbocycles. The van der Waals surface area contributed by atoms with Crippen molar-refractivity contribution in [1.82, 2.24) is 5.32 Å². The van der Waals surface area contributed by atoms with Gasteiger partial charge in [0.2, 0.25) is 11.8 Å². The number of benzene rings is 3. The highest BCUT2D eigenvalue weighted by molar-refractivity contribution is 7.92. The van der Waals surface area contributed by atoms with Crippen molar-refractivity contribution in [1.29, 1.82) is 0 Å². The highest BCUT2D eigenvalue weighted by Gasteiger charge is 2.14. The average Bonchev–Trinajstić information content (AvgIpc) is 2.79. The molecule has 3 rings (SSSR count). The molecule has 0 saturated carbocycles. The van der Waals surface area contributed by atoms with Gasteiger partial charge in [0.15, 0.2) is 0 Å². The van der Waals surface area contributed by atoms with Crippen LogP contribution in [-0.2, 0) is 32.6 Å². The lowest BCUT2D eigenvalue weighted by Crippen LogP contribution is -2.24. The van der Waals surface area contributed by atoms with E-state index >= 15 is 0 Å². The van der Waals surface area contributed by atoms with Crippen LogP contribution in [0.1, 0.15) is 30.9 Å². The van der Waals surface area contributed by atoms with E-state index in [1.54, 1.807) is 30.3 Å². The number of carbonyl (C=O) groups excluding carboxylic acids is 2. The Hall–Kier alpha value is -3.72. The molecule has 0 saturated heterocycles. The first-order valence-electron chi connectivity index (χ1n) is 10.8. The summed E-state index contributed by atoms with van der Waals surface area (Å²) in [5, 5.41) is 5.67. The molecular formula is C25H26FN3O4S. The van der Waals surface area contributed by atoms with Gasteiger partial charge in [-0.15, -0.1) is 0 Å². The Morgan fingerprint density at radius 2 is 1.56 bits per heavy atom. The van der Waals surface area contributed by atoms with Crippen molar-refractivity contribution < 1.29 is 22.4 Å². The lowest BCUT2D eigenvalue weighted by Gasteiger charge is -2.10. The summed E-state index contributed by atoms with van der Waals surface area (Å²) in [5.74, 6) is -0.764. The molecule has 9 heteroatoms. The van der Waals surface area contributed by atoms with Crippen molar-refractivity contribution in [3.8, 4) is 0 Å². The van der Waals surface area contributed by atoms with E-state index in [2.05, 4.69) is 15.4 Å². The summed E-state index contributed by atoms with van der Waals surface area (Å²) >= 11 is 0. The standard InChI is InChI=1S/C25H26FN3O4S/c1-2-4-24(30)28-22-6-3-5-19(15-22)17-27-25(31)16-18-7-11-21(12-8-18)29-34(32,33)23-13-9-20(26)10-14-23/h3,5-15,29H,2,4,16-17H2,1H3,(H,27,31)(H,28,30). The number of hydrogen-bond acceptors (Lipinski definition) is 4. The minimum Gasteiger partial charge on any atom is -0.352 e. The Labute approximate surface area is 198 Å². The molecule has 0 fully saturated rings. The first-order chi connectivity index (χ1) is 16.2. The van der Waals surface area contributed by atoms with Crippen LogP contribution in [0, 0.1) is 5.82 Å². The zero-order chi connectivity index (χ0) is 24.6. The van der Waals surface area contributed by atoms with E-state index < -0.39 is 15.8 Å². The molecule has 7 nitrogen and oxygen atoms in total. The van der Waals surface area contributed by atoms with Gasteiger partial charge in [-0.25, -0.2) is 12.8 Å². The maximum Gasteiger partial charge on any atom is 0.261 e. The maximum absolute atomic E-state index is 13.0. The van der Waals surface area contributed by atoms with E-state index in [-0.39, 0.29) is 23.1 Å². The van der Waals surface area contributed by atoms with Crippen molar-refractivity contribution in [2.45, 2.75) is 37.6 Å². The summed E-state index contributed by atoms with van der Waals surface area (Å²) in [7, 11) is -3.84. The third-order valence-electron chi connectivity index (χ3n) is 4.87. The van der Waals surface area contributed by atoms with Crippen LogP contribution in [0.2, 0.25) is 0 Å². The summed E-state index contributed by atoms with van der Waals surface area (Å²) < 4.78 is 40.2. The fraction of sp³-hybridized carbons (Fsp3) is 0.200. The quantitative estimate of drug-likeness (QED) is 0.402. The van der Waals surface area contributed by atoms with Gasteiger partial charge in [0, 0.05) is 24.3 Å². The van der Waals surface area contributed by atoms with Gasteiger partial charge in [0.1, 0.15) is 5.82 Å². The second-order valence-corrected chi connectivity index (χ2v) is 9.39. The largest absolute Gasteiger partial charge is 0.352 e. The first-order valence-corrected chi connectivity index (χ1v) is 12.3. The number of anilines is 2. The topological polar surface area (TPSA) is 104 Å². The molecule has 3 aromatic rings. The monoisotopic (exact) mass is 483 g/mol. The van der Waals surface area contributed by atoms with Crippen LogP contribution in [0.25, 0.3) is 0 Å². The van der Waals surface area contributed by atoms with Gasteiger partial charge < -0.3 is 10.6 Å². The fourth-order valence-corrected chi connectivity index (χ4v) is 4.24. The van der Waals surface area contributed by atoms with Gasteiger partial charge in [0.05, 0.1) is 11.3 Å². The molecule has 178 valence electrons. The van der Waals surface area contributed by atoms with E-state index in [1.165, 1.54) is 12.1 Å². The Balaban J connectivity index is 1.52. The maximum atomic E-state index is 13.0. The Bertz CT molecular complexity index is 1240. The van der Waals surface area contributed by atoms with Gasteiger partial charge in [-0.3, -0.25) is 14.3 Å². The normalized spacial score (nSPS) is 11.0. The van der Waals surface area contributed by atoms with E-state index in [4.69, 9.17) is 0 Å². The molecule has 0 aliphatic heterocycles. The molecule has 2 amide bonds. The van der Waals surface area contributed by atoms with Gasteiger partial charge >= 0.3 is 0 Å². The smallest absolute Gasteiger partial charge is 0.261 e. The van der Waals surface area contributed by atoms with Crippen molar-refractivity contribution in [3.63, 3.8) is 0 Å². The van der Waals surface area contributed by atoms with Crippen LogP contribution in [-0.4, -0.2) is 20.2 Å². The summed E-state index contributed by atoms with van der Waals surface area (Å²) in [6.07, 6.45) is 1.34. The van der Waals surface area contributed by atoms with Gasteiger partial charge in [-0.05, 0) is 66.1 Å². The predicted octanol–water partition coefficient (Wildman–Crippen LogP) is 4.22. The summed E-state index contributed by atoms with van der Waals surface area (Å²) in [4.78, 5) is 24.0. The first kappa shape index (κ1) is 24.9. The Morgan fingerprint density at radius 1 is 0.853 bits per heavy atom. The highest BCUT2D eigenvalue weighted by atomic mass is 32.2. The van der Waals surface area contributed by atoms with Crippen molar-refractivity contribution >= 4 is 33.2 Å². The van der Waals surface area contributed by atoms with Gasteiger partial charge in [0.25, 0.3) is 10.0 Å². The summed E-state index contributed by atoms with van der Waals surface area (Å²) in [6.45, 7) is 2.25. The molecule has 3 aromatic carbocycles. The van der Waals surface area contributed by atoms with Gasteiger partial charge in [-0.2, -0.15) is 0 Å². The van der Waals surface area contributed by atoms with Crippen molar-refractivity contribution in [2.24, 2.45) is 0 Å². The highest BCUT2D eigenvalue weighted by Crippen LogP contribution is 2.17. The fourth-order valence-electron chi connectivity index (χ4n) is 3.18. The summed E-state index contributed by atoms with van der Waals surface area (Å²) in [5.41, 5.74) is 2.58. The number of sulfonamides is 1. The molecule has 0 spiro atoms. The molecule has 3 N–H and O–H groups in total. The number of hydrogen-bond donors (Lipinski definition) is 3. The van der Waals surface area contributed by atoms with Gasteiger partial charge in [-0.1, -0.05) is 31.2 Å². The number of carbonyl (C=O) groups is 2. The number of nitrogens with one attached hydrogen (secondary N) is 3. The van der Waals surface area contributed by atoms with Crippen LogP contribution in [0.15, 0.2) is 77.7 Å². The summed E-state index contributed by atoms with van der Waals surface area (Å²) in [6, 6.07) is 18.3.